The molecule has 106 valence electrons. The van der Waals surface area contributed by atoms with E-state index in [1.165, 1.54) is 11.1 Å². The number of hydrogen-bond acceptors (Lipinski definition) is 4. The van der Waals surface area contributed by atoms with Crippen molar-refractivity contribution in [1.82, 2.24) is 15.1 Å². The number of aromatic nitrogens is 2. The van der Waals surface area contributed by atoms with E-state index in [0.29, 0.717) is 12.4 Å². The fraction of sp³-hybridized carbons (Fsp3) is 0.500. The van der Waals surface area contributed by atoms with Gasteiger partial charge in [-0.15, -0.1) is 10.2 Å². The van der Waals surface area contributed by atoms with Crippen molar-refractivity contribution in [2.45, 2.75) is 45.7 Å². The van der Waals surface area contributed by atoms with Crippen LogP contribution in [0, 0.1) is 0 Å². The molecule has 1 aliphatic rings. The summed E-state index contributed by atoms with van der Waals surface area (Å²) in [4.78, 5) is 2.42. The molecule has 1 aliphatic heterocycles. The molecule has 0 unspecified atom stereocenters. The maximum atomic E-state index is 5.65. The van der Waals surface area contributed by atoms with E-state index in [-0.39, 0.29) is 5.54 Å². The Morgan fingerprint density at radius 2 is 1.95 bits per heavy atom. The van der Waals surface area contributed by atoms with Gasteiger partial charge < -0.3 is 4.42 Å². The van der Waals surface area contributed by atoms with Crippen molar-refractivity contribution in [1.29, 1.82) is 0 Å². The van der Waals surface area contributed by atoms with E-state index in [0.717, 1.165) is 25.3 Å². The smallest absolute Gasteiger partial charge is 0.230 e. The molecule has 3 rings (SSSR count). The first-order valence-corrected chi connectivity index (χ1v) is 7.26. The van der Waals surface area contributed by atoms with Crippen LogP contribution in [0.1, 0.15) is 43.7 Å². The molecular weight excluding hydrogens is 250 g/mol. The van der Waals surface area contributed by atoms with Crippen molar-refractivity contribution < 1.29 is 4.42 Å². The highest BCUT2D eigenvalue weighted by Gasteiger charge is 2.34. The molecular formula is C16H21N3O. The van der Waals surface area contributed by atoms with Crippen molar-refractivity contribution >= 4 is 0 Å². The Balaban J connectivity index is 1.85. The fourth-order valence-corrected chi connectivity index (χ4v) is 2.98. The molecule has 4 heteroatoms. The maximum absolute atomic E-state index is 5.65. The van der Waals surface area contributed by atoms with Crippen LogP contribution in [0.5, 0.6) is 0 Å². The third kappa shape index (κ3) is 2.24. The second kappa shape index (κ2) is 5.02. The summed E-state index contributed by atoms with van der Waals surface area (Å²) in [5.74, 6) is 1.43. The number of benzene rings is 1. The second-order valence-electron chi connectivity index (χ2n) is 5.83. The monoisotopic (exact) mass is 271 g/mol. The number of nitrogens with zero attached hydrogens (tertiary/aromatic N) is 3. The first-order chi connectivity index (χ1) is 9.61. The van der Waals surface area contributed by atoms with Crippen LogP contribution in [0.2, 0.25) is 0 Å². The van der Waals surface area contributed by atoms with Crippen molar-refractivity contribution in [2.24, 2.45) is 0 Å². The van der Waals surface area contributed by atoms with Gasteiger partial charge in [-0.2, -0.15) is 0 Å². The van der Waals surface area contributed by atoms with Gasteiger partial charge in [0.05, 0.1) is 6.54 Å². The molecule has 2 heterocycles. The summed E-state index contributed by atoms with van der Waals surface area (Å²) in [6.45, 7) is 8.30. The SMILES string of the molecule is CCc1nnc(CN2CCc3ccccc3C2(C)C)o1. The molecule has 2 aromatic rings. The van der Waals surface area contributed by atoms with Gasteiger partial charge in [0.1, 0.15) is 0 Å². The third-order valence-electron chi connectivity index (χ3n) is 4.26. The Morgan fingerprint density at radius 3 is 2.70 bits per heavy atom. The molecule has 0 N–H and O–H groups in total. The van der Waals surface area contributed by atoms with Gasteiger partial charge in [0.25, 0.3) is 0 Å². The van der Waals surface area contributed by atoms with Gasteiger partial charge >= 0.3 is 0 Å². The van der Waals surface area contributed by atoms with E-state index in [9.17, 15) is 0 Å². The van der Waals surface area contributed by atoms with Crippen LogP contribution < -0.4 is 0 Å². The molecule has 0 amide bonds. The zero-order chi connectivity index (χ0) is 14.2. The van der Waals surface area contributed by atoms with Gasteiger partial charge in [-0.05, 0) is 31.4 Å². The number of rotatable bonds is 3. The predicted octanol–water partition coefficient (Wildman–Crippen LogP) is 2.93. The molecule has 1 aromatic heterocycles. The molecule has 0 saturated heterocycles. The lowest BCUT2D eigenvalue weighted by Gasteiger charge is -2.43. The number of hydrogen-bond donors (Lipinski definition) is 0. The van der Waals surface area contributed by atoms with Crippen LogP contribution in [-0.4, -0.2) is 21.6 Å². The van der Waals surface area contributed by atoms with Crippen molar-refractivity contribution in [3.63, 3.8) is 0 Å². The summed E-state index contributed by atoms with van der Waals surface area (Å²) in [5.41, 5.74) is 2.85. The van der Waals surface area contributed by atoms with Crippen LogP contribution in [-0.2, 0) is 24.9 Å². The first kappa shape index (κ1) is 13.3. The normalized spacial score (nSPS) is 17.9. The van der Waals surface area contributed by atoms with Crippen LogP contribution in [0.4, 0.5) is 0 Å². The summed E-state index contributed by atoms with van der Waals surface area (Å²) >= 11 is 0. The van der Waals surface area contributed by atoms with Gasteiger partial charge in [0.2, 0.25) is 11.8 Å². The fourth-order valence-electron chi connectivity index (χ4n) is 2.98. The second-order valence-corrected chi connectivity index (χ2v) is 5.83. The molecule has 4 nitrogen and oxygen atoms in total. The third-order valence-corrected chi connectivity index (χ3v) is 4.26. The average molecular weight is 271 g/mol. The van der Waals surface area contributed by atoms with Gasteiger partial charge in [-0.3, -0.25) is 4.90 Å². The van der Waals surface area contributed by atoms with Crippen molar-refractivity contribution in [3.8, 4) is 0 Å². The lowest BCUT2D eigenvalue weighted by molar-refractivity contribution is 0.0870. The molecule has 0 bridgehead atoms. The maximum Gasteiger partial charge on any atom is 0.230 e. The van der Waals surface area contributed by atoms with E-state index in [2.05, 4.69) is 53.2 Å². The van der Waals surface area contributed by atoms with Gasteiger partial charge in [-0.1, -0.05) is 31.2 Å². The van der Waals surface area contributed by atoms with Gasteiger partial charge in [0.15, 0.2) is 0 Å². The Labute approximate surface area is 119 Å². The summed E-state index contributed by atoms with van der Waals surface area (Å²) in [6, 6.07) is 8.70. The largest absolute Gasteiger partial charge is 0.424 e. The minimum Gasteiger partial charge on any atom is -0.424 e. The highest BCUT2D eigenvalue weighted by atomic mass is 16.4. The first-order valence-electron chi connectivity index (χ1n) is 7.26. The summed E-state index contributed by atoms with van der Waals surface area (Å²) in [5, 5.41) is 8.19. The quantitative estimate of drug-likeness (QED) is 0.860. The lowest BCUT2D eigenvalue weighted by Crippen LogP contribution is -2.46. The molecule has 0 radical (unpaired) electrons. The van der Waals surface area contributed by atoms with E-state index in [4.69, 9.17) is 4.42 Å². The Hall–Kier alpha value is -1.68. The number of fused-ring (bicyclic) bond motifs is 1. The van der Waals surface area contributed by atoms with E-state index < -0.39 is 0 Å². The highest BCUT2D eigenvalue weighted by Crippen LogP contribution is 2.35. The van der Waals surface area contributed by atoms with Crippen LogP contribution >= 0.6 is 0 Å². The van der Waals surface area contributed by atoms with Gasteiger partial charge in [-0.25, -0.2) is 0 Å². The summed E-state index contributed by atoms with van der Waals surface area (Å²) in [7, 11) is 0. The topological polar surface area (TPSA) is 42.2 Å². The molecule has 20 heavy (non-hydrogen) atoms. The van der Waals surface area contributed by atoms with Crippen LogP contribution in [0.25, 0.3) is 0 Å². The molecule has 0 fully saturated rings. The lowest BCUT2D eigenvalue weighted by atomic mass is 9.83. The Morgan fingerprint density at radius 1 is 1.20 bits per heavy atom. The molecule has 1 aromatic carbocycles. The van der Waals surface area contributed by atoms with E-state index in [1.54, 1.807) is 0 Å². The highest BCUT2D eigenvalue weighted by molar-refractivity contribution is 5.35. The Bertz CT molecular complexity index is 603. The zero-order valence-electron chi connectivity index (χ0n) is 12.4. The minimum absolute atomic E-state index is 0.00427. The van der Waals surface area contributed by atoms with Crippen LogP contribution in [0.15, 0.2) is 28.7 Å². The van der Waals surface area contributed by atoms with Gasteiger partial charge in [0, 0.05) is 18.5 Å². The summed E-state index contributed by atoms with van der Waals surface area (Å²) in [6.07, 6.45) is 1.87. The summed E-state index contributed by atoms with van der Waals surface area (Å²) < 4.78 is 5.65. The van der Waals surface area contributed by atoms with E-state index in [1.807, 2.05) is 6.92 Å². The van der Waals surface area contributed by atoms with Crippen LogP contribution in [0.3, 0.4) is 0 Å². The van der Waals surface area contributed by atoms with E-state index >= 15 is 0 Å². The molecule has 0 atom stereocenters. The predicted molar refractivity (Wildman–Crippen MR) is 77.3 cm³/mol. The van der Waals surface area contributed by atoms with Crippen molar-refractivity contribution in [2.75, 3.05) is 6.54 Å². The molecule has 0 aliphatic carbocycles. The molecule has 0 spiro atoms. The standard InChI is InChI=1S/C16H21N3O/c1-4-14-17-18-15(20-14)11-19-10-9-12-7-5-6-8-13(12)16(19,2)3/h5-8H,4,9-11H2,1-3H3. The molecule has 0 saturated carbocycles. The minimum atomic E-state index is -0.00427. The average Bonchev–Trinajstić information content (AvgIpc) is 2.90. The Kier molecular flexibility index (Phi) is 3.34. The zero-order valence-corrected chi connectivity index (χ0v) is 12.4. The van der Waals surface area contributed by atoms with Crippen molar-refractivity contribution in [3.05, 3.63) is 47.2 Å². The number of aryl methyl sites for hydroxylation is 1.